The van der Waals surface area contributed by atoms with Gasteiger partial charge in [-0.1, -0.05) is 121 Å². The van der Waals surface area contributed by atoms with E-state index in [1.807, 2.05) is 97.1 Å². The molecule has 0 radical (unpaired) electrons. The van der Waals surface area contributed by atoms with Crippen molar-refractivity contribution in [3.8, 4) is 5.75 Å². The van der Waals surface area contributed by atoms with E-state index in [9.17, 15) is 33.9 Å². The summed E-state index contributed by atoms with van der Waals surface area (Å²) in [6.45, 7) is 9.84. The van der Waals surface area contributed by atoms with Gasteiger partial charge in [-0.3, -0.25) is 19.3 Å². The molecule has 0 aliphatic heterocycles. The topological polar surface area (TPSA) is 218 Å². The number of carbonyl (C=O) groups excluding carboxylic acids is 5. The van der Waals surface area contributed by atoms with Crippen LogP contribution in [-0.4, -0.2) is 87.6 Å². The summed E-state index contributed by atoms with van der Waals surface area (Å²) >= 11 is 1.41. The van der Waals surface area contributed by atoms with Crippen LogP contribution < -0.4 is 31.7 Å². The number of amides is 6. The molecule has 0 spiro atoms. The highest BCUT2D eigenvalue weighted by atomic mass is 32.2. The summed E-state index contributed by atoms with van der Waals surface area (Å²) < 4.78 is 10.0. The number of anilines is 1. The average molecular weight is 945 g/mol. The number of thioether (sulfide) groups is 1. The minimum Gasteiger partial charge on any atom is -0.465 e. The Labute approximate surface area is 401 Å². The molecular formula is C52H60N6O9S. The minimum atomic E-state index is -1.39. The van der Waals surface area contributed by atoms with E-state index in [1.165, 1.54) is 23.9 Å². The van der Waals surface area contributed by atoms with Crippen LogP contribution in [0.4, 0.5) is 20.1 Å². The van der Waals surface area contributed by atoms with Crippen molar-refractivity contribution in [2.24, 2.45) is 5.73 Å². The summed E-state index contributed by atoms with van der Waals surface area (Å²) in [6.07, 6.45) is -3.16. The van der Waals surface area contributed by atoms with Crippen LogP contribution in [0, 0.1) is 0 Å². The number of ether oxygens (including phenoxy) is 2. The lowest BCUT2D eigenvalue weighted by atomic mass is 9.84. The molecule has 0 aliphatic carbocycles. The number of para-hydroxylation sites is 1. The van der Waals surface area contributed by atoms with Gasteiger partial charge in [0.15, 0.2) is 0 Å². The average Bonchev–Trinajstić information content (AvgIpc) is 3.29. The molecule has 68 heavy (non-hydrogen) atoms. The van der Waals surface area contributed by atoms with E-state index >= 15 is 0 Å². The number of primary amides is 1. The first-order valence-corrected chi connectivity index (χ1v) is 23.1. The van der Waals surface area contributed by atoms with E-state index in [0.717, 1.165) is 21.6 Å². The van der Waals surface area contributed by atoms with Gasteiger partial charge in [-0.15, -0.1) is 11.8 Å². The van der Waals surface area contributed by atoms with Crippen LogP contribution in [0.5, 0.6) is 5.75 Å². The highest BCUT2D eigenvalue weighted by Crippen LogP contribution is 2.48. The third-order valence-corrected chi connectivity index (χ3v) is 12.2. The summed E-state index contributed by atoms with van der Waals surface area (Å²) in [6, 6.07) is 40.8. The second-order valence-corrected chi connectivity index (χ2v) is 19.1. The maximum Gasteiger partial charge on any atom is 0.412 e. The zero-order chi connectivity index (χ0) is 49.5. The first kappa shape index (κ1) is 51.7. The van der Waals surface area contributed by atoms with Gasteiger partial charge in [0, 0.05) is 29.9 Å². The predicted octanol–water partition coefficient (Wildman–Crippen LogP) is 8.08. The molecule has 15 nitrogen and oxygen atoms in total. The molecule has 0 unspecified atom stereocenters. The molecule has 7 N–H and O–H groups in total. The Morgan fingerprint density at radius 1 is 0.647 bits per heavy atom. The van der Waals surface area contributed by atoms with Gasteiger partial charge < -0.3 is 41.6 Å². The zero-order valence-corrected chi connectivity index (χ0v) is 39.9. The molecular weight excluding hydrogens is 885 g/mol. The first-order chi connectivity index (χ1) is 32.3. The summed E-state index contributed by atoms with van der Waals surface area (Å²) in [4.78, 5) is 80.3. The Morgan fingerprint density at radius 3 is 1.60 bits per heavy atom. The number of rotatable bonds is 19. The van der Waals surface area contributed by atoms with Gasteiger partial charge in [-0.05, 0) is 94.5 Å². The number of nitrogens with zero attached hydrogens (tertiary/aromatic N) is 1. The van der Waals surface area contributed by atoms with Crippen molar-refractivity contribution in [2.45, 2.75) is 88.4 Å². The number of nitrogens with one attached hydrogen (secondary N) is 4. The first-order valence-electron chi connectivity index (χ1n) is 22.1. The summed E-state index contributed by atoms with van der Waals surface area (Å²) in [7, 11) is 0. The summed E-state index contributed by atoms with van der Waals surface area (Å²) in [5, 5.41) is 21.2. The SMILES string of the molecule is CC(C)(C)OC(=O)N[C@@H](Cc1ccc(OC(=O)NCC[C@@H](C(=O)N[C@@H](CSC(c2ccccc2)(c2ccccc2)c2ccccc2)C(N)=O)N(C(=O)O)C(C)(C)C)cc1)C(=O)Nc1ccccc1. The molecule has 3 atom stereocenters. The molecule has 0 aromatic heterocycles. The number of hydrogen-bond donors (Lipinski definition) is 6. The van der Waals surface area contributed by atoms with Crippen LogP contribution in [0.1, 0.15) is 70.2 Å². The van der Waals surface area contributed by atoms with Crippen LogP contribution in [0.25, 0.3) is 0 Å². The third kappa shape index (κ3) is 14.6. The lowest BCUT2D eigenvalue weighted by molar-refractivity contribution is -0.131. The van der Waals surface area contributed by atoms with Gasteiger partial charge in [-0.2, -0.15) is 0 Å². The van der Waals surface area contributed by atoms with Crippen molar-refractivity contribution in [3.63, 3.8) is 0 Å². The fourth-order valence-electron chi connectivity index (χ4n) is 7.50. The Hall–Kier alpha value is -7.33. The molecule has 358 valence electrons. The van der Waals surface area contributed by atoms with Crippen molar-refractivity contribution >= 4 is 53.5 Å². The number of nitrogens with two attached hydrogens (primary N) is 1. The number of alkyl carbamates (subject to hydrolysis) is 1. The fourth-order valence-corrected chi connectivity index (χ4v) is 9.07. The maximum absolute atomic E-state index is 14.3. The van der Waals surface area contributed by atoms with Crippen LogP contribution >= 0.6 is 11.8 Å². The quantitative estimate of drug-likeness (QED) is 0.0437. The van der Waals surface area contributed by atoms with Gasteiger partial charge in [-0.25, -0.2) is 14.4 Å². The van der Waals surface area contributed by atoms with Crippen LogP contribution in [0.3, 0.4) is 0 Å². The van der Waals surface area contributed by atoms with E-state index in [1.54, 1.807) is 77.9 Å². The predicted molar refractivity (Wildman–Crippen MR) is 263 cm³/mol. The number of benzene rings is 5. The van der Waals surface area contributed by atoms with Crippen molar-refractivity contribution in [3.05, 3.63) is 168 Å². The molecule has 6 amide bonds. The summed E-state index contributed by atoms with van der Waals surface area (Å²) in [5.41, 5.74) is 8.05. The van der Waals surface area contributed by atoms with Crippen LogP contribution in [0.2, 0.25) is 0 Å². The highest BCUT2D eigenvalue weighted by molar-refractivity contribution is 8.00. The van der Waals surface area contributed by atoms with Crippen molar-refractivity contribution in [2.75, 3.05) is 17.6 Å². The molecule has 0 aliphatic rings. The zero-order valence-electron chi connectivity index (χ0n) is 39.1. The van der Waals surface area contributed by atoms with Gasteiger partial charge >= 0.3 is 18.3 Å². The lowest BCUT2D eigenvalue weighted by Gasteiger charge is -2.39. The van der Waals surface area contributed by atoms with Gasteiger partial charge in [0.2, 0.25) is 17.7 Å². The van der Waals surface area contributed by atoms with Crippen LogP contribution in [0.15, 0.2) is 146 Å². The minimum absolute atomic E-state index is 0.0141. The second kappa shape index (κ2) is 23.4. The monoisotopic (exact) mass is 944 g/mol. The lowest BCUT2D eigenvalue weighted by Crippen LogP contribution is -2.60. The Bertz CT molecular complexity index is 2370. The summed E-state index contributed by atoms with van der Waals surface area (Å²) in [5.74, 6) is -1.91. The molecule has 0 bridgehead atoms. The molecule has 0 saturated carbocycles. The molecule has 0 heterocycles. The van der Waals surface area contributed by atoms with E-state index < -0.39 is 70.0 Å². The number of hydrogen-bond acceptors (Lipinski definition) is 9. The number of carboxylic acid groups (broad SMARTS) is 1. The molecule has 5 aromatic rings. The van der Waals surface area contributed by atoms with E-state index in [4.69, 9.17) is 15.2 Å². The Morgan fingerprint density at radius 2 is 1.15 bits per heavy atom. The smallest absolute Gasteiger partial charge is 0.412 e. The van der Waals surface area contributed by atoms with Crippen molar-refractivity contribution in [1.82, 2.24) is 20.9 Å². The molecule has 0 fully saturated rings. The third-order valence-electron chi connectivity index (χ3n) is 10.5. The van der Waals surface area contributed by atoms with E-state index in [2.05, 4.69) is 21.3 Å². The Balaban J connectivity index is 1.28. The second-order valence-electron chi connectivity index (χ2n) is 17.9. The maximum atomic E-state index is 14.3. The van der Waals surface area contributed by atoms with Gasteiger partial charge in [0.1, 0.15) is 29.5 Å². The molecule has 0 saturated heterocycles. The van der Waals surface area contributed by atoms with E-state index in [-0.39, 0.29) is 30.9 Å². The van der Waals surface area contributed by atoms with Crippen molar-refractivity contribution in [1.29, 1.82) is 0 Å². The van der Waals surface area contributed by atoms with Crippen molar-refractivity contribution < 1.29 is 43.3 Å². The normalized spacial score (nSPS) is 12.9. The molecule has 5 rings (SSSR count). The standard InChI is InChI=1S/C52H60N6O9S/c1-50(2,3)58(49(64)65)43(46(61)56-42(44(53)59)34-68-52(36-19-11-7-12-20-36,37-21-13-8-14-22-37)38-23-15-9-16-24-38)31-32-54-47(62)66-40-29-27-35(28-30-40)33-41(57-48(63)67-51(4,5)6)45(60)55-39-25-17-10-18-26-39/h7-30,41-43H,31-34H2,1-6H3,(H2,53,59)(H,54,62)(H,55,60)(H,56,61)(H,57,63)(H,64,65)/t41-,42-,43-/m0/s1. The molecule has 5 aromatic carbocycles. The highest BCUT2D eigenvalue weighted by Gasteiger charge is 2.41. The number of carbonyl (C=O) groups is 6. The largest absolute Gasteiger partial charge is 0.465 e. The fraction of sp³-hybridized carbons (Fsp3) is 0.308. The van der Waals surface area contributed by atoms with Gasteiger partial charge in [0.05, 0.1) is 4.75 Å². The van der Waals surface area contributed by atoms with Gasteiger partial charge in [0.25, 0.3) is 0 Å². The Kier molecular flexibility index (Phi) is 17.8. The van der Waals surface area contributed by atoms with Crippen LogP contribution in [-0.2, 0) is 30.3 Å². The molecule has 16 heteroatoms. The van der Waals surface area contributed by atoms with E-state index in [0.29, 0.717) is 11.3 Å².